The van der Waals surface area contributed by atoms with E-state index >= 15 is 0 Å². The van der Waals surface area contributed by atoms with E-state index in [0.29, 0.717) is 0 Å². The minimum Gasteiger partial charge on any atom is -0.477 e. The molecule has 0 bridgehead atoms. The fraction of sp³-hybridized carbons (Fsp3) is 0.214. The van der Waals surface area contributed by atoms with Crippen LogP contribution in [-0.2, 0) is 11.3 Å². The van der Waals surface area contributed by atoms with Gasteiger partial charge in [0, 0.05) is 7.05 Å². The average molecular weight is 290 g/mol. The minimum absolute atomic E-state index is 0.0829. The van der Waals surface area contributed by atoms with Gasteiger partial charge in [-0.1, -0.05) is 35.5 Å². The summed E-state index contributed by atoms with van der Waals surface area (Å²) < 4.78 is 9.98. The molecule has 0 aliphatic heterocycles. The van der Waals surface area contributed by atoms with Gasteiger partial charge in [0.25, 0.3) is 5.88 Å². The van der Waals surface area contributed by atoms with Gasteiger partial charge < -0.3 is 14.4 Å². The monoisotopic (exact) mass is 290 g/mol. The highest BCUT2D eigenvalue weighted by molar-refractivity contribution is 5.98. The van der Waals surface area contributed by atoms with Gasteiger partial charge in [0.1, 0.15) is 12.2 Å². The molecule has 7 nitrogen and oxygen atoms in total. The molecular weight excluding hydrogens is 276 g/mol. The quantitative estimate of drug-likeness (QED) is 0.929. The molecule has 2 rings (SSSR count). The van der Waals surface area contributed by atoms with Crippen molar-refractivity contribution < 1.29 is 24.0 Å². The largest absolute Gasteiger partial charge is 0.477 e. The van der Waals surface area contributed by atoms with Crippen molar-refractivity contribution in [2.45, 2.75) is 13.5 Å². The van der Waals surface area contributed by atoms with Gasteiger partial charge in [-0.3, -0.25) is 0 Å². The van der Waals surface area contributed by atoms with E-state index in [4.69, 9.17) is 14.4 Å². The zero-order chi connectivity index (χ0) is 15.4. The van der Waals surface area contributed by atoms with Crippen LogP contribution in [0.2, 0.25) is 0 Å². The number of aromatic nitrogens is 1. The van der Waals surface area contributed by atoms with Crippen LogP contribution in [0.25, 0.3) is 0 Å². The highest BCUT2D eigenvalue weighted by atomic mass is 16.6. The summed E-state index contributed by atoms with van der Waals surface area (Å²) in [7, 11) is 1.36. The zero-order valence-electron chi connectivity index (χ0n) is 11.6. The van der Waals surface area contributed by atoms with Gasteiger partial charge in [0.2, 0.25) is 0 Å². The number of benzene rings is 1. The standard InChI is InChI=1S/C14H14N2O5/c1-9-11(13(17)18)12(21-15-9)16(2)14(19)20-8-10-6-4-3-5-7-10/h3-7H,8H2,1-2H3,(H,17,18). The van der Waals surface area contributed by atoms with Gasteiger partial charge in [-0.2, -0.15) is 0 Å². The fourth-order valence-corrected chi connectivity index (χ4v) is 1.73. The number of hydrogen-bond donors (Lipinski definition) is 1. The molecule has 0 saturated carbocycles. The van der Waals surface area contributed by atoms with Crippen molar-refractivity contribution in [2.24, 2.45) is 0 Å². The molecule has 0 fully saturated rings. The summed E-state index contributed by atoms with van der Waals surface area (Å²) in [6.45, 7) is 1.57. The maximum atomic E-state index is 11.9. The predicted molar refractivity (Wildman–Crippen MR) is 73.2 cm³/mol. The van der Waals surface area contributed by atoms with Crippen LogP contribution in [0.3, 0.4) is 0 Å². The zero-order valence-corrected chi connectivity index (χ0v) is 11.6. The molecule has 21 heavy (non-hydrogen) atoms. The second-order valence-corrected chi connectivity index (χ2v) is 4.35. The molecule has 0 radical (unpaired) electrons. The van der Waals surface area contributed by atoms with Gasteiger partial charge in [-0.05, 0) is 12.5 Å². The number of rotatable bonds is 4. The van der Waals surface area contributed by atoms with Crippen molar-refractivity contribution in [1.82, 2.24) is 5.16 Å². The number of anilines is 1. The Morgan fingerprint density at radius 3 is 2.62 bits per heavy atom. The number of carbonyl (C=O) groups is 2. The first kappa shape index (κ1) is 14.6. The summed E-state index contributed by atoms with van der Waals surface area (Å²) >= 11 is 0. The second kappa shape index (κ2) is 6.08. The number of aromatic carboxylic acids is 1. The fourth-order valence-electron chi connectivity index (χ4n) is 1.73. The van der Waals surface area contributed by atoms with Crippen LogP contribution in [0.5, 0.6) is 0 Å². The number of aryl methyl sites for hydroxylation is 1. The highest BCUT2D eigenvalue weighted by Crippen LogP contribution is 2.23. The minimum atomic E-state index is -1.22. The van der Waals surface area contributed by atoms with Crippen LogP contribution in [-0.4, -0.2) is 29.4 Å². The molecule has 1 N–H and O–H groups in total. The Labute approximate surface area is 120 Å². The Bertz CT molecular complexity index is 651. The molecule has 1 aromatic carbocycles. The van der Waals surface area contributed by atoms with Crippen LogP contribution in [0, 0.1) is 6.92 Å². The summed E-state index contributed by atoms with van der Waals surface area (Å²) in [5.41, 5.74) is 0.862. The predicted octanol–water partition coefficient (Wildman–Crippen LogP) is 2.45. The smallest absolute Gasteiger partial charge is 0.416 e. The molecular formula is C14H14N2O5. The molecule has 0 saturated heterocycles. The van der Waals surface area contributed by atoms with E-state index in [1.807, 2.05) is 30.3 Å². The first-order valence-electron chi connectivity index (χ1n) is 6.14. The summed E-state index contributed by atoms with van der Waals surface area (Å²) in [4.78, 5) is 24.0. The van der Waals surface area contributed by atoms with E-state index in [-0.39, 0.29) is 23.7 Å². The Hall–Kier alpha value is -2.83. The van der Waals surface area contributed by atoms with E-state index in [1.54, 1.807) is 0 Å². The summed E-state index contributed by atoms with van der Waals surface area (Å²) in [5, 5.41) is 12.6. The van der Waals surface area contributed by atoms with E-state index in [9.17, 15) is 9.59 Å². The van der Waals surface area contributed by atoms with Gasteiger partial charge in [0.15, 0.2) is 0 Å². The topological polar surface area (TPSA) is 92.9 Å². The number of carboxylic acid groups (broad SMARTS) is 1. The van der Waals surface area contributed by atoms with Crippen LogP contribution >= 0.6 is 0 Å². The van der Waals surface area contributed by atoms with Crippen LogP contribution < -0.4 is 4.90 Å². The maximum Gasteiger partial charge on any atom is 0.416 e. The lowest BCUT2D eigenvalue weighted by Crippen LogP contribution is -2.28. The molecule has 1 heterocycles. The molecule has 7 heteroatoms. The molecule has 0 unspecified atom stereocenters. The number of ether oxygens (including phenoxy) is 1. The van der Waals surface area contributed by atoms with Crippen molar-refractivity contribution in [2.75, 3.05) is 11.9 Å². The molecule has 0 aliphatic rings. The third kappa shape index (κ3) is 3.19. The SMILES string of the molecule is Cc1noc(N(C)C(=O)OCc2ccccc2)c1C(=O)O. The van der Waals surface area contributed by atoms with Crippen LogP contribution in [0.15, 0.2) is 34.9 Å². The van der Waals surface area contributed by atoms with Crippen molar-refractivity contribution >= 4 is 17.9 Å². The Morgan fingerprint density at radius 2 is 2.00 bits per heavy atom. The van der Waals surface area contributed by atoms with E-state index < -0.39 is 12.1 Å². The third-order valence-electron chi connectivity index (χ3n) is 2.84. The first-order chi connectivity index (χ1) is 10.0. The normalized spacial score (nSPS) is 10.2. The van der Waals surface area contributed by atoms with Gasteiger partial charge in [-0.15, -0.1) is 0 Å². The molecule has 0 spiro atoms. The van der Waals surface area contributed by atoms with Crippen LogP contribution in [0.1, 0.15) is 21.6 Å². The van der Waals surface area contributed by atoms with Crippen molar-refractivity contribution in [1.29, 1.82) is 0 Å². The second-order valence-electron chi connectivity index (χ2n) is 4.35. The Kier molecular flexibility index (Phi) is 4.22. The average Bonchev–Trinajstić information content (AvgIpc) is 2.87. The van der Waals surface area contributed by atoms with Gasteiger partial charge in [-0.25, -0.2) is 14.5 Å². The molecule has 110 valence electrons. The third-order valence-corrected chi connectivity index (χ3v) is 2.84. The number of carbonyl (C=O) groups excluding carboxylic acids is 1. The van der Waals surface area contributed by atoms with E-state index in [2.05, 4.69) is 5.16 Å². The number of nitrogens with zero attached hydrogens (tertiary/aromatic N) is 2. The highest BCUT2D eigenvalue weighted by Gasteiger charge is 2.26. The number of amides is 1. The van der Waals surface area contributed by atoms with Crippen molar-refractivity contribution in [3.63, 3.8) is 0 Å². The molecule has 1 aromatic heterocycles. The van der Waals surface area contributed by atoms with Gasteiger partial charge in [0.05, 0.1) is 5.69 Å². The lowest BCUT2D eigenvalue weighted by atomic mass is 10.2. The summed E-state index contributed by atoms with van der Waals surface area (Å²) in [6, 6.07) is 9.14. The van der Waals surface area contributed by atoms with Crippen molar-refractivity contribution in [3.8, 4) is 0 Å². The molecule has 2 aromatic rings. The first-order valence-corrected chi connectivity index (χ1v) is 6.14. The van der Waals surface area contributed by atoms with Gasteiger partial charge >= 0.3 is 12.1 Å². The van der Waals surface area contributed by atoms with Crippen molar-refractivity contribution in [3.05, 3.63) is 47.2 Å². The number of carboxylic acids is 1. The lowest BCUT2D eigenvalue weighted by Gasteiger charge is -2.14. The molecule has 0 aliphatic carbocycles. The molecule has 1 amide bonds. The molecule has 0 atom stereocenters. The van der Waals surface area contributed by atoms with E-state index in [0.717, 1.165) is 10.5 Å². The Morgan fingerprint density at radius 1 is 1.33 bits per heavy atom. The van der Waals surface area contributed by atoms with E-state index in [1.165, 1.54) is 14.0 Å². The van der Waals surface area contributed by atoms with Crippen LogP contribution in [0.4, 0.5) is 10.7 Å². The maximum absolute atomic E-state index is 11.9. The summed E-state index contributed by atoms with van der Waals surface area (Å²) in [6.07, 6.45) is -0.725. The Balaban J connectivity index is 2.08. The summed E-state index contributed by atoms with van der Waals surface area (Å²) in [5.74, 6) is -1.37. The lowest BCUT2D eigenvalue weighted by molar-refractivity contribution is 0.0696. The number of hydrogen-bond acceptors (Lipinski definition) is 5.